The Morgan fingerprint density at radius 2 is 1.71 bits per heavy atom. The summed E-state index contributed by atoms with van der Waals surface area (Å²) < 4.78 is 0. The average Bonchev–Trinajstić information content (AvgIpc) is 1.98. The molecular formula is C8H15NO4Zn. The molecule has 0 spiro atoms. The first-order chi connectivity index (χ1) is 5.91. The maximum absolute atomic E-state index is 9.97. The predicted molar refractivity (Wildman–Crippen MR) is 43.2 cm³/mol. The Bertz CT molecular complexity index is 159. The Hall–Kier alpha value is -0.477. The van der Waals surface area contributed by atoms with Gasteiger partial charge in [0.1, 0.15) is 0 Å². The van der Waals surface area contributed by atoms with E-state index in [1.54, 1.807) is 0 Å². The van der Waals surface area contributed by atoms with Gasteiger partial charge in [-0.1, -0.05) is 19.8 Å². The Morgan fingerprint density at radius 1 is 1.36 bits per heavy atom. The van der Waals surface area contributed by atoms with Crippen molar-refractivity contribution in [3.05, 3.63) is 0 Å². The normalized spacial score (nSPS) is 10.2. The zero-order valence-electron chi connectivity index (χ0n) is 8.62. The van der Waals surface area contributed by atoms with Crippen LogP contribution >= 0.6 is 0 Å². The van der Waals surface area contributed by atoms with Gasteiger partial charge in [-0.25, -0.2) is 0 Å². The van der Waals surface area contributed by atoms with Crippen molar-refractivity contribution in [3.63, 3.8) is 0 Å². The standard InChI is InChI=1S/C6H13NO2.C2H4O2.Zn/c1-2-3-4-5(7)6(8)9;1-2(3)4;/h5H,2-4,7H2,1H3,(H,8,9);1H3,(H,3,4);/q;;+2/p-2. The Balaban J connectivity index is -0.000000209. The Labute approximate surface area is 96.4 Å². The number of hydrogen-bond acceptors (Lipinski definition) is 5. The van der Waals surface area contributed by atoms with Crippen LogP contribution in [0.5, 0.6) is 0 Å². The number of hydrogen-bond donors (Lipinski definition) is 1. The van der Waals surface area contributed by atoms with Crippen LogP contribution in [0.2, 0.25) is 0 Å². The molecule has 0 aromatic carbocycles. The van der Waals surface area contributed by atoms with Gasteiger partial charge in [-0.3, -0.25) is 0 Å². The van der Waals surface area contributed by atoms with Crippen molar-refractivity contribution in [1.82, 2.24) is 0 Å². The molecule has 14 heavy (non-hydrogen) atoms. The van der Waals surface area contributed by atoms with Gasteiger partial charge in [0.05, 0.1) is 5.97 Å². The van der Waals surface area contributed by atoms with Gasteiger partial charge in [-0.2, -0.15) is 0 Å². The summed E-state index contributed by atoms with van der Waals surface area (Å²) in [6, 6.07) is -0.773. The van der Waals surface area contributed by atoms with E-state index >= 15 is 0 Å². The van der Waals surface area contributed by atoms with E-state index in [4.69, 9.17) is 15.6 Å². The van der Waals surface area contributed by atoms with Crippen LogP contribution in [0.15, 0.2) is 0 Å². The smallest absolute Gasteiger partial charge is 0.550 e. The quantitative estimate of drug-likeness (QED) is 0.585. The molecule has 78 valence electrons. The van der Waals surface area contributed by atoms with Gasteiger partial charge in [0.2, 0.25) is 0 Å². The number of nitrogens with two attached hydrogens (primary N) is 1. The third kappa shape index (κ3) is 22.5. The third-order valence-corrected chi connectivity index (χ3v) is 1.17. The molecule has 2 N–H and O–H groups in total. The molecule has 0 heterocycles. The molecule has 1 atom stereocenters. The van der Waals surface area contributed by atoms with Gasteiger partial charge in [-0.15, -0.1) is 0 Å². The molecule has 6 heteroatoms. The zero-order chi connectivity index (χ0) is 10.9. The van der Waals surface area contributed by atoms with Crippen molar-refractivity contribution in [1.29, 1.82) is 0 Å². The minimum atomic E-state index is -1.15. The van der Waals surface area contributed by atoms with Crippen molar-refractivity contribution in [2.24, 2.45) is 5.73 Å². The molecule has 0 bridgehead atoms. The minimum Gasteiger partial charge on any atom is -0.550 e. The molecule has 0 rings (SSSR count). The second kappa shape index (κ2) is 12.5. The second-order valence-electron chi connectivity index (χ2n) is 2.56. The summed E-state index contributed by atoms with van der Waals surface area (Å²) in [6.07, 6.45) is 2.36. The number of carboxylic acid groups (broad SMARTS) is 2. The maximum Gasteiger partial charge on any atom is 2.00 e. The zero-order valence-corrected chi connectivity index (χ0v) is 11.6. The van der Waals surface area contributed by atoms with Crippen LogP contribution in [-0.4, -0.2) is 18.0 Å². The number of carbonyl (C=O) groups excluding carboxylic acids is 2. The van der Waals surface area contributed by atoms with Crippen molar-refractivity contribution in [2.45, 2.75) is 39.2 Å². The van der Waals surface area contributed by atoms with E-state index in [2.05, 4.69) is 0 Å². The first-order valence-corrected chi connectivity index (χ1v) is 4.05. The maximum atomic E-state index is 9.97. The van der Waals surface area contributed by atoms with Crippen molar-refractivity contribution in [2.75, 3.05) is 0 Å². The van der Waals surface area contributed by atoms with Crippen LogP contribution in [0.1, 0.15) is 33.1 Å². The molecule has 0 amide bonds. The van der Waals surface area contributed by atoms with E-state index in [9.17, 15) is 9.90 Å². The fourth-order valence-corrected chi connectivity index (χ4v) is 0.542. The van der Waals surface area contributed by atoms with E-state index in [-0.39, 0.29) is 19.5 Å². The van der Waals surface area contributed by atoms with Crippen LogP contribution in [0, 0.1) is 0 Å². The average molecular weight is 255 g/mol. The Kier molecular flexibility index (Phi) is 17.1. The summed E-state index contributed by atoms with van der Waals surface area (Å²) in [7, 11) is 0. The summed E-state index contributed by atoms with van der Waals surface area (Å²) in [5.74, 6) is -2.23. The van der Waals surface area contributed by atoms with Crippen LogP contribution in [0.25, 0.3) is 0 Å². The molecule has 0 aliphatic heterocycles. The molecule has 0 aliphatic rings. The Morgan fingerprint density at radius 3 is 1.93 bits per heavy atom. The fraction of sp³-hybridized carbons (Fsp3) is 0.750. The fourth-order valence-electron chi connectivity index (χ4n) is 0.542. The van der Waals surface area contributed by atoms with Gasteiger partial charge < -0.3 is 25.5 Å². The van der Waals surface area contributed by atoms with E-state index in [1.807, 2.05) is 6.92 Å². The van der Waals surface area contributed by atoms with Gasteiger partial charge in [0.15, 0.2) is 0 Å². The summed E-state index contributed by atoms with van der Waals surface area (Å²) in [5.41, 5.74) is 5.14. The van der Waals surface area contributed by atoms with Crippen LogP contribution in [-0.2, 0) is 29.1 Å². The van der Waals surface area contributed by atoms with Gasteiger partial charge in [0.25, 0.3) is 0 Å². The minimum absolute atomic E-state index is 0. The van der Waals surface area contributed by atoms with Crippen LogP contribution in [0.4, 0.5) is 0 Å². The molecule has 0 saturated carbocycles. The number of aliphatic carboxylic acids is 2. The largest absolute Gasteiger partial charge is 2.00 e. The van der Waals surface area contributed by atoms with Gasteiger partial charge >= 0.3 is 19.5 Å². The van der Waals surface area contributed by atoms with Gasteiger partial charge in [-0.05, 0) is 13.3 Å². The molecule has 5 nitrogen and oxygen atoms in total. The van der Waals surface area contributed by atoms with Crippen LogP contribution in [0.3, 0.4) is 0 Å². The van der Waals surface area contributed by atoms with E-state index < -0.39 is 18.0 Å². The summed E-state index contributed by atoms with van der Waals surface area (Å²) >= 11 is 0. The van der Waals surface area contributed by atoms with Crippen molar-refractivity contribution in [3.8, 4) is 0 Å². The molecule has 0 aliphatic carbocycles. The number of rotatable bonds is 4. The third-order valence-electron chi connectivity index (χ3n) is 1.17. The predicted octanol–water partition coefficient (Wildman–Crippen LogP) is -1.99. The summed E-state index contributed by atoms with van der Waals surface area (Å²) in [5, 5.41) is 18.9. The van der Waals surface area contributed by atoms with Crippen molar-refractivity contribution >= 4 is 11.9 Å². The second-order valence-corrected chi connectivity index (χ2v) is 2.56. The molecule has 0 radical (unpaired) electrons. The van der Waals surface area contributed by atoms with Gasteiger partial charge in [0, 0.05) is 12.0 Å². The molecule has 0 aromatic heterocycles. The first kappa shape index (κ1) is 19.2. The number of carbonyl (C=O) groups is 2. The molecule has 0 aromatic rings. The van der Waals surface area contributed by atoms with E-state index in [0.717, 1.165) is 19.8 Å². The topological polar surface area (TPSA) is 106 Å². The summed E-state index contributed by atoms with van der Waals surface area (Å²) in [4.78, 5) is 18.9. The summed E-state index contributed by atoms with van der Waals surface area (Å²) in [6.45, 7) is 2.96. The van der Waals surface area contributed by atoms with Crippen molar-refractivity contribution < 1.29 is 39.3 Å². The van der Waals surface area contributed by atoms with Crippen LogP contribution < -0.4 is 15.9 Å². The first-order valence-electron chi connectivity index (χ1n) is 4.05. The number of carboxylic acids is 2. The molecular weight excluding hydrogens is 239 g/mol. The van der Waals surface area contributed by atoms with E-state index in [0.29, 0.717) is 6.42 Å². The van der Waals surface area contributed by atoms with E-state index in [1.165, 1.54) is 0 Å². The number of unbranched alkanes of at least 4 members (excludes halogenated alkanes) is 1. The molecule has 1 unspecified atom stereocenters. The molecule has 0 saturated heterocycles. The monoisotopic (exact) mass is 253 g/mol. The molecule has 0 fully saturated rings. The SMILES string of the molecule is CC(=O)[O-].CCCCC(N)C(=O)[O-].[Zn+2].